The number of carbonyl (C=O) groups is 3. The maximum absolute atomic E-state index is 12.9. The number of nitrogens with one attached hydrogen (secondary N) is 2. The predicted octanol–water partition coefficient (Wildman–Crippen LogP) is 0.386. The standard InChI is InChI=1S/C17H13FN2O6/c18-9-5-7-10(8-6-9)19-16(22)14(21)13(20(24)25)15-11-3-1-2-4-12(11)17(23)26-15/h1-8,13,15,20,24H,(H,19,22). The van der Waals surface area contributed by atoms with Gasteiger partial charge in [-0.3, -0.25) is 9.59 Å². The molecule has 0 radical (unpaired) electrons. The first-order valence-corrected chi connectivity index (χ1v) is 7.52. The third-order valence-corrected chi connectivity index (χ3v) is 3.90. The number of amides is 1. The van der Waals surface area contributed by atoms with Crippen molar-refractivity contribution in [2.45, 2.75) is 12.1 Å². The lowest BCUT2D eigenvalue weighted by Crippen LogP contribution is -3.11. The molecule has 1 aliphatic heterocycles. The van der Waals surface area contributed by atoms with E-state index in [1.807, 2.05) is 0 Å². The van der Waals surface area contributed by atoms with E-state index in [0.717, 1.165) is 12.1 Å². The normalized spacial score (nSPS) is 17.8. The van der Waals surface area contributed by atoms with Crippen LogP contribution in [0.5, 0.6) is 0 Å². The molecule has 0 saturated carbocycles. The highest BCUT2D eigenvalue weighted by molar-refractivity contribution is 6.42. The predicted molar refractivity (Wildman–Crippen MR) is 84.5 cm³/mol. The van der Waals surface area contributed by atoms with Crippen LogP contribution in [0.2, 0.25) is 0 Å². The summed E-state index contributed by atoms with van der Waals surface area (Å²) in [6.07, 6.45) is -1.40. The summed E-state index contributed by atoms with van der Waals surface area (Å²) in [5, 5.41) is 21.6. The van der Waals surface area contributed by atoms with Crippen molar-refractivity contribution in [2.24, 2.45) is 0 Å². The number of hydroxylamine groups is 2. The van der Waals surface area contributed by atoms with Gasteiger partial charge in [0.2, 0.25) is 6.04 Å². The lowest BCUT2D eigenvalue weighted by Gasteiger charge is -2.26. The van der Waals surface area contributed by atoms with Crippen molar-refractivity contribution in [3.63, 3.8) is 0 Å². The smallest absolute Gasteiger partial charge is 0.339 e. The molecule has 0 aromatic heterocycles. The number of carbonyl (C=O) groups excluding carboxylic acids is 3. The van der Waals surface area contributed by atoms with Crippen LogP contribution in [0.25, 0.3) is 0 Å². The van der Waals surface area contributed by atoms with Crippen molar-refractivity contribution in [1.29, 1.82) is 0 Å². The Morgan fingerprint density at radius 1 is 1.19 bits per heavy atom. The number of hydrogen-bond acceptors (Lipinski definition) is 6. The monoisotopic (exact) mass is 360 g/mol. The summed E-state index contributed by atoms with van der Waals surface area (Å²) in [4.78, 5) is 36.4. The first-order chi connectivity index (χ1) is 12.4. The van der Waals surface area contributed by atoms with E-state index < -0.39 is 40.8 Å². The molecule has 9 heteroatoms. The van der Waals surface area contributed by atoms with Crippen LogP contribution in [0.1, 0.15) is 22.0 Å². The van der Waals surface area contributed by atoms with Crippen molar-refractivity contribution in [3.8, 4) is 0 Å². The average molecular weight is 360 g/mol. The van der Waals surface area contributed by atoms with E-state index in [1.165, 1.54) is 24.3 Å². The summed E-state index contributed by atoms with van der Waals surface area (Å²) >= 11 is 0. The van der Waals surface area contributed by atoms with Crippen LogP contribution in [-0.4, -0.2) is 28.9 Å². The zero-order valence-electron chi connectivity index (χ0n) is 13.1. The minimum atomic E-state index is -1.90. The molecule has 1 amide bonds. The number of Topliss-reactive ketones (excluding diaryl/α,β-unsaturated/α-hetero) is 1. The number of ketones is 1. The number of quaternary nitrogens is 1. The fourth-order valence-electron chi connectivity index (χ4n) is 2.67. The number of hydrogen-bond donors (Lipinski definition) is 3. The third-order valence-electron chi connectivity index (χ3n) is 3.90. The molecule has 2 aromatic carbocycles. The molecule has 0 fully saturated rings. The molecule has 3 rings (SSSR count). The van der Waals surface area contributed by atoms with E-state index >= 15 is 0 Å². The molecule has 0 spiro atoms. The van der Waals surface area contributed by atoms with Gasteiger partial charge in [-0.05, 0) is 30.3 Å². The van der Waals surface area contributed by atoms with E-state index in [0.29, 0.717) is 0 Å². The van der Waals surface area contributed by atoms with Gasteiger partial charge in [-0.15, -0.1) is 0 Å². The quantitative estimate of drug-likeness (QED) is 0.403. The maximum atomic E-state index is 12.9. The van der Waals surface area contributed by atoms with Gasteiger partial charge in [-0.2, -0.15) is 0 Å². The second-order valence-corrected chi connectivity index (χ2v) is 5.55. The summed E-state index contributed by atoms with van der Waals surface area (Å²) < 4.78 is 17.9. The molecule has 2 aromatic rings. The summed E-state index contributed by atoms with van der Waals surface area (Å²) in [5.41, 5.74) is 0.501. The highest BCUT2D eigenvalue weighted by Gasteiger charge is 2.46. The molecule has 3 unspecified atom stereocenters. The Labute approximate surface area is 146 Å². The van der Waals surface area contributed by atoms with E-state index in [9.17, 15) is 29.2 Å². The second-order valence-electron chi connectivity index (χ2n) is 5.55. The third kappa shape index (κ3) is 3.31. The van der Waals surface area contributed by atoms with E-state index in [2.05, 4.69) is 5.32 Å². The molecule has 0 saturated heterocycles. The Morgan fingerprint density at radius 2 is 1.85 bits per heavy atom. The van der Waals surface area contributed by atoms with Gasteiger partial charge < -0.3 is 15.3 Å². The topological polar surface area (TPSA) is 120 Å². The molecule has 1 heterocycles. The molecular formula is C17H13FN2O6. The molecule has 0 aliphatic carbocycles. The molecule has 3 atom stereocenters. The van der Waals surface area contributed by atoms with Gasteiger partial charge in [-0.1, -0.05) is 18.2 Å². The molecule has 1 aliphatic rings. The van der Waals surface area contributed by atoms with Crippen LogP contribution in [-0.2, 0) is 14.3 Å². The van der Waals surface area contributed by atoms with E-state index in [-0.39, 0.29) is 16.8 Å². The van der Waals surface area contributed by atoms with Crippen molar-refractivity contribution in [1.82, 2.24) is 0 Å². The van der Waals surface area contributed by atoms with Crippen molar-refractivity contribution >= 4 is 23.3 Å². The molecule has 0 bridgehead atoms. The highest BCUT2D eigenvalue weighted by Crippen LogP contribution is 2.32. The first kappa shape index (κ1) is 17.7. The van der Waals surface area contributed by atoms with Crippen molar-refractivity contribution < 1.29 is 33.9 Å². The van der Waals surface area contributed by atoms with Gasteiger partial charge >= 0.3 is 5.97 Å². The van der Waals surface area contributed by atoms with Gasteiger partial charge in [0.1, 0.15) is 5.82 Å². The fourth-order valence-corrected chi connectivity index (χ4v) is 2.67. The van der Waals surface area contributed by atoms with E-state index in [1.54, 1.807) is 12.1 Å². The number of anilines is 1. The number of esters is 1. The van der Waals surface area contributed by atoms with Crippen LogP contribution in [0.3, 0.4) is 0 Å². The number of rotatable bonds is 5. The fraction of sp³-hybridized carbons (Fsp3) is 0.118. The zero-order chi connectivity index (χ0) is 18.8. The maximum Gasteiger partial charge on any atom is 0.339 e. The Bertz CT molecular complexity index is 868. The zero-order valence-corrected chi connectivity index (χ0v) is 13.1. The van der Waals surface area contributed by atoms with Crippen LogP contribution < -0.4 is 10.5 Å². The van der Waals surface area contributed by atoms with Gasteiger partial charge in [0.25, 0.3) is 11.7 Å². The number of benzene rings is 2. The Hall–Kier alpha value is -3.14. The van der Waals surface area contributed by atoms with Gasteiger partial charge in [-0.25, -0.2) is 19.6 Å². The SMILES string of the molecule is O=C(Nc1ccc(F)cc1)C(=O)C(C1OC(=O)c2ccccc21)[NH+]([O-])O. The molecule has 3 N–H and O–H groups in total. The Kier molecular flexibility index (Phi) is 4.76. The summed E-state index contributed by atoms with van der Waals surface area (Å²) in [5.74, 6) is -3.78. The highest BCUT2D eigenvalue weighted by atomic mass is 19.1. The molecular weight excluding hydrogens is 347 g/mol. The minimum absolute atomic E-state index is 0.123. The molecule has 8 nitrogen and oxygen atoms in total. The summed E-state index contributed by atoms with van der Waals surface area (Å²) in [6.45, 7) is 0. The van der Waals surface area contributed by atoms with Crippen LogP contribution in [0.4, 0.5) is 10.1 Å². The summed E-state index contributed by atoms with van der Waals surface area (Å²) in [6, 6.07) is 8.74. The Balaban J connectivity index is 1.84. The lowest BCUT2D eigenvalue weighted by atomic mass is 9.97. The van der Waals surface area contributed by atoms with Gasteiger partial charge in [0.05, 0.1) is 5.56 Å². The van der Waals surface area contributed by atoms with Crippen molar-refractivity contribution in [2.75, 3.05) is 5.32 Å². The van der Waals surface area contributed by atoms with Gasteiger partial charge in [0, 0.05) is 11.3 Å². The minimum Gasteiger partial charge on any atom is -0.599 e. The first-order valence-electron chi connectivity index (χ1n) is 7.52. The van der Waals surface area contributed by atoms with Gasteiger partial charge in [0.15, 0.2) is 6.10 Å². The second kappa shape index (κ2) is 7.00. The molecule has 134 valence electrons. The largest absolute Gasteiger partial charge is 0.599 e. The number of fused-ring (bicyclic) bond motifs is 1. The van der Waals surface area contributed by atoms with Crippen LogP contribution in [0, 0.1) is 11.0 Å². The number of ether oxygens (including phenoxy) is 1. The molecule has 26 heavy (non-hydrogen) atoms. The van der Waals surface area contributed by atoms with Crippen LogP contribution >= 0.6 is 0 Å². The summed E-state index contributed by atoms with van der Waals surface area (Å²) in [7, 11) is 0. The van der Waals surface area contributed by atoms with Crippen LogP contribution in [0.15, 0.2) is 48.5 Å². The lowest BCUT2D eigenvalue weighted by molar-refractivity contribution is -1.06. The van der Waals surface area contributed by atoms with Crippen molar-refractivity contribution in [3.05, 3.63) is 70.7 Å². The van der Waals surface area contributed by atoms with E-state index in [4.69, 9.17) is 4.74 Å². The number of cyclic esters (lactones) is 1. The average Bonchev–Trinajstić information content (AvgIpc) is 2.94. The number of halogens is 1. The Morgan fingerprint density at radius 3 is 2.50 bits per heavy atom.